The number of carbonyl (C=O) groups excluding carboxylic acids is 2. The fourth-order valence-corrected chi connectivity index (χ4v) is 6.21. The molecule has 4 heterocycles. The van der Waals surface area contributed by atoms with E-state index in [1.165, 1.54) is 11.8 Å². The third kappa shape index (κ3) is 7.41. The van der Waals surface area contributed by atoms with Gasteiger partial charge in [-0.25, -0.2) is 4.98 Å². The van der Waals surface area contributed by atoms with Crippen LogP contribution in [-0.2, 0) is 23.8 Å². The number of carbonyl (C=O) groups is 2. The molecule has 11 heteroatoms. The van der Waals surface area contributed by atoms with Gasteiger partial charge in [-0.3, -0.25) is 9.59 Å². The summed E-state index contributed by atoms with van der Waals surface area (Å²) >= 11 is 0. The molecule has 6 rings (SSSR count). The molecule has 0 unspecified atom stereocenters. The molecule has 0 bridgehead atoms. The number of oxazole rings is 1. The molecule has 2 aromatic heterocycles. The van der Waals surface area contributed by atoms with E-state index < -0.39 is 23.4 Å². The lowest BCUT2D eigenvalue weighted by Gasteiger charge is -2.31. The first kappa shape index (κ1) is 31.3. The fourth-order valence-electron chi connectivity index (χ4n) is 6.21. The number of Topliss-reactive ketones (excluding diaryl/α,β-unsaturated/α-hetero) is 1. The minimum Gasteiger partial charge on any atom is -0.420 e. The van der Waals surface area contributed by atoms with Gasteiger partial charge in [0.2, 0.25) is 17.5 Å². The van der Waals surface area contributed by atoms with Gasteiger partial charge in [0.15, 0.2) is 5.69 Å². The highest BCUT2D eigenvalue weighted by atomic mass is 19.4. The van der Waals surface area contributed by atoms with Gasteiger partial charge < -0.3 is 19.1 Å². The Morgan fingerprint density at radius 3 is 2.17 bits per heavy atom. The lowest BCUT2D eigenvalue weighted by atomic mass is 9.90. The van der Waals surface area contributed by atoms with Gasteiger partial charge in [-0.1, -0.05) is 66.7 Å². The van der Waals surface area contributed by atoms with Crippen LogP contribution in [0.15, 0.2) is 83.4 Å². The number of aromatic nitrogens is 2. The number of rotatable bonds is 8. The summed E-state index contributed by atoms with van der Waals surface area (Å²) in [5.74, 6) is -0.501. The Hall–Kier alpha value is -4.67. The number of amides is 1. The molecule has 2 aromatic carbocycles. The zero-order valence-electron chi connectivity index (χ0n) is 25.5. The number of hydrogen-bond acceptors (Lipinski definition) is 7. The van der Waals surface area contributed by atoms with Crippen LogP contribution in [0.25, 0.3) is 0 Å². The predicted molar refractivity (Wildman–Crippen MR) is 168 cm³/mol. The monoisotopic (exact) mass is 631 g/mol. The molecular weight excluding hydrogens is 595 g/mol. The largest absolute Gasteiger partial charge is 0.437 e. The van der Waals surface area contributed by atoms with Crippen LogP contribution in [0.1, 0.15) is 58.1 Å². The van der Waals surface area contributed by atoms with Crippen molar-refractivity contribution in [2.45, 2.75) is 44.2 Å². The first-order chi connectivity index (χ1) is 22.2. The second-order valence-corrected chi connectivity index (χ2v) is 11.9. The maximum absolute atomic E-state index is 14.0. The van der Waals surface area contributed by atoms with Crippen molar-refractivity contribution in [2.24, 2.45) is 0 Å². The molecular formula is C35H36F3N5O3. The Labute approximate surface area is 265 Å². The molecule has 0 atom stereocenters. The topological polar surface area (TPSA) is 82.8 Å². The van der Waals surface area contributed by atoms with E-state index in [1.54, 1.807) is 17.0 Å². The second kappa shape index (κ2) is 13.8. The van der Waals surface area contributed by atoms with Crippen LogP contribution in [0.3, 0.4) is 0 Å². The zero-order chi connectivity index (χ0) is 32.1. The molecule has 2 saturated heterocycles. The first-order valence-electron chi connectivity index (χ1n) is 15.7. The Morgan fingerprint density at radius 1 is 0.783 bits per heavy atom. The van der Waals surface area contributed by atoms with Crippen LogP contribution >= 0.6 is 0 Å². The minimum absolute atomic E-state index is 0.0836. The van der Waals surface area contributed by atoms with Crippen LogP contribution in [0.2, 0.25) is 0 Å². The SMILES string of the molecule is O=C(Cc1ccc(N2CCCN(C(=O)Cc3ccccc3)CC2)nc1)c1oc(N2CCC(c3ccccc3)CC2)nc1C(F)(F)F. The Bertz CT molecular complexity index is 1620. The summed E-state index contributed by atoms with van der Waals surface area (Å²) in [5, 5.41) is 0. The van der Waals surface area contributed by atoms with Gasteiger partial charge in [0.05, 0.1) is 6.42 Å². The van der Waals surface area contributed by atoms with E-state index in [0.717, 1.165) is 24.8 Å². The molecule has 1 amide bonds. The number of benzene rings is 2. The van der Waals surface area contributed by atoms with Gasteiger partial charge in [0.25, 0.3) is 6.01 Å². The quantitative estimate of drug-likeness (QED) is 0.215. The maximum Gasteiger partial charge on any atom is 0.437 e. The lowest BCUT2D eigenvalue weighted by Crippen LogP contribution is -2.36. The molecule has 0 spiro atoms. The number of nitrogens with zero attached hydrogens (tertiary/aromatic N) is 5. The van der Waals surface area contributed by atoms with E-state index in [9.17, 15) is 22.8 Å². The number of alkyl halides is 3. The highest BCUT2D eigenvalue weighted by Gasteiger charge is 2.42. The van der Waals surface area contributed by atoms with Crippen LogP contribution in [0.5, 0.6) is 0 Å². The van der Waals surface area contributed by atoms with Crippen molar-refractivity contribution in [3.05, 3.63) is 107 Å². The average molecular weight is 632 g/mol. The molecule has 4 aromatic rings. The molecule has 2 aliphatic heterocycles. The Kier molecular flexibility index (Phi) is 9.37. The zero-order valence-corrected chi connectivity index (χ0v) is 25.5. The minimum atomic E-state index is -4.83. The standard InChI is InChI=1S/C35H36F3N5O3/c36-35(37,38)33-32(46-34(40-33)43-18-14-28(15-19-43)27-10-5-2-6-11-27)29(44)22-26-12-13-30(39-24-26)41-16-7-17-42(21-20-41)31(45)23-25-8-3-1-4-9-25/h1-6,8-13,24,28H,7,14-23H2. The summed E-state index contributed by atoms with van der Waals surface area (Å²) < 4.78 is 47.4. The normalized spacial score (nSPS) is 16.4. The van der Waals surface area contributed by atoms with Crippen molar-refractivity contribution in [3.63, 3.8) is 0 Å². The molecule has 2 fully saturated rings. The van der Waals surface area contributed by atoms with Crippen molar-refractivity contribution in [1.29, 1.82) is 0 Å². The molecule has 0 N–H and O–H groups in total. The van der Waals surface area contributed by atoms with Crippen LogP contribution in [0, 0.1) is 0 Å². The molecule has 240 valence electrons. The first-order valence-corrected chi connectivity index (χ1v) is 15.7. The molecule has 0 radical (unpaired) electrons. The Morgan fingerprint density at radius 2 is 1.50 bits per heavy atom. The van der Waals surface area contributed by atoms with Gasteiger partial charge >= 0.3 is 6.18 Å². The van der Waals surface area contributed by atoms with Crippen molar-refractivity contribution in [1.82, 2.24) is 14.9 Å². The van der Waals surface area contributed by atoms with Crippen LogP contribution < -0.4 is 9.80 Å². The summed E-state index contributed by atoms with van der Waals surface area (Å²) in [7, 11) is 0. The summed E-state index contributed by atoms with van der Waals surface area (Å²) in [6, 6.07) is 23.0. The van der Waals surface area contributed by atoms with Crippen molar-refractivity contribution < 1.29 is 27.2 Å². The van der Waals surface area contributed by atoms with Gasteiger partial charge in [-0.2, -0.15) is 18.2 Å². The molecule has 8 nitrogen and oxygen atoms in total. The highest BCUT2D eigenvalue weighted by molar-refractivity contribution is 5.96. The molecule has 2 aliphatic rings. The smallest absolute Gasteiger partial charge is 0.420 e. The number of halogens is 3. The summed E-state index contributed by atoms with van der Waals surface area (Å²) in [4.78, 5) is 39.9. The highest BCUT2D eigenvalue weighted by Crippen LogP contribution is 2.36. The van der Waals surface area contributed by atoms with Gasteiger partial charge in [-0.05, 0) is 47.9 Å². The van der Waals surface area contributed by atoms with E-state index in [1.807, 2.05) is 53.4 Å². The second-order valence-electron chi connectivity index (χ2n) is 11.9. The van der Waals surface area contributed by atoms with Crippen LogP contribution in [-0.4, -0.2) is 65.8 Å². The summed E-state index contributed by atoms with van der Waals surface area (Å²) in [6.07, 6.45) is -1.00. The number of anilines is 2. The van der Waals surface area contributed by atoms with E-state index >= 15 is 0 Å². The molecule has 0 aliphatic carbocycles. The number of ketones is 1. The van der Waals surface area contributed by atoms with Gasteiger partial charge in [0, 0.05) is 51.9 Å². The van der Waals surface area contributed by atoms with Crippen LogP contribution in [0.4, 0.5) is 25.0 Å². The Balaban J connectivity index is 1.07. The number of pyridine rings is 1. The van der Waals surface area contributed by atoms with E-state index in [-0.39, 0.29) is 18.3 Å². The van der Waals surface area contributed by atoms with Crippen molar-refractivity contribution >= 4 is 23.5 Å². The van der Waals surface area contributed by atoms with E-state index in [0.29, 0.717) is 63.0 Å². The summed E-state index contributed by atoms with van der Waals surface area (Å²) in [5.41, 5.74) is 1.36. The fraction of sp³-hybridized carbons (Fsp3) is 0.371. The lowest BCUT2D eigenvalue weighted by molar-refractivity contribution is -0.141. The van der Waals surface area contributed by atoms with Crippen molar-refractivity contribution in [3.8, 4) is 0 Å². The average Bonchev–Trinajstić information content (AvgIpc) is 3.39. The third-order valence-corrected chi connectivity index (χ3v) is 8.72. The van der Waals surface area contributed by atoms with E-state index in [2.05, 4.69) is 27.0 Å². The third-order valence-electron chi connectivity index (χ3n) is 8.72. The van der Waals surface area contributed by atoms with Gasteiger partial charge in [-0.15, -0.1) is 0 Å². The predicted octanol–water partition coefficient (Wildman–Crippen LogP) is 6.18. The number of piperidine rings is 1. The maximum atomic E-state index is 14.0. The molecule has 46 heavy (non-hydrogen) atoms. The number of hydrogen-bond donors (Lipinski definition) is 0. The summed E-state index contributed by atoms with van der Waals surface area (Å²) in [6.45, 7) is 3.48. The van der Waals surface area contributed by atoms with Crippen molar-refractivity contribution in [2.75, 3.05) is 49.1 Å². The van der Waals surface area contributed by atoms with E-state index in [4.69, 9.17) is 4.42 Å². The molecule has 0 saturated carbocycles. The van der Waals surface area contributed by atoms with Gasteiger partial charge in [0.1, 0.15) is 5.82 Å².